The van der Waals surface area contributed by atoms with Crippen LogP contribution in [0.3, 0.4) is 0 Å². The van der Waals surface area contributed by atoms with Crippen LogP contribution < -0.4 is 14.8 Å². The minimum absolute atomic E-state index is 0.0689. The third kappa shape index (κ3) is 2.45. The highest BCUT2D eigenvalue weighted by molar-refractivity contribution is 5.99. The van der Waals surface area contributed by atoms with Crippen molar-refractivity contribution in [2.45, 2.75) is 24.7 Å². The number of fused-ring (bicyclic) bond motifs is 5. The molecule has 1 aromatic heterocycles. The second kappa shape index (κ2) is 6.49. The van der Waals surface area contributed by atoms with Crippen molar-refractivity contribution in [2.24, 2.45) is 0 Å². The summed E-state index contributed by atoms with van der Waals surface area (Å²) >= 11 is 0. The molecule has 0 aliphatic carbocycles. The largest absolute Gasteiger partial charge is 0.454 e. The van der Waals surface area contributed by atoms with E-state index in [2.05, 4.69) is 16.4 Å². The molecule has 0 bridgehead atoms. The van der Waals surface area contributed by atoms with Gasteiger partial charge in [0, 0.05) is 30.1 Å². The summed E-state index contributed by atoms with van der Waals surface area (Å²) in [6.07, 6.45) is -0.225. The van der Waals surface area contributed by atoms with Crippen LogP contribution in [0.2, 0.25) is 0 Å². The summed E-state index contributed by atoms with van der Waals surface area (Å²) in [6.45, 7) is 0.178. The topological polar surface area (TPSA) is 86.9 Å². The van der Waals surface area contributed by atoms with E-state index in [-0.39, 0.29) is 18.6 Å². The molecule has 2 amide bonds. The van der Waals surface area contributed by atoms with Crippen molar-refractivity contribution >= 4 is 22.7 Å². The first-order valence-corrected chi connectivity index (χ1v) is 10.3. The van der Waals surface area contributed by atoms with Crippen LogP contribution in [0.15, 0.2) is 42.5 Å². The zero-order valence-electron chi connectivity index (χ0n) is 17.2. The van der Waals surface area contributed by atoms with Crippen LogP contribution in [-0.2, 0) is 16.0 Å². The summed E-state index contributed by atoms with van der Waals surface area (Å²) in [5.74, 6) is 1.14. The third-order valence-corrected chi connectivity index (χ3v) is 6.63. The summed E-state index contributed by atoms with van der Waals surface area (Å²) in [5, 5.41) is 4.07. The van der Waals surface area contributed by atoms with Gasteiger partial charge in [-0.3, -0.25) is 14.9 Å². The molecular formula is C23H22N4O4. The lowest BCUT2D eigenvalue weighted by atomic mass is 9.85. The van der Waals surface area contributed by atoms with E-state index in [0.29, 0.717) is 17.9 Å². The molecule has 8 nitrogen and oxygen atoms in total. The molecule has 3 aromatic rings. The van der Waals surface area contributed by atoms with Gasteiger partial charge in [-0.25, -0.2) is 0 Å². The maximum absolute atomic E-state index is 13.6. The molecule has 1 saturated heterocycles. The summed E-state index contributed by atoms with van der Waals surface area (Å²) in [4.78, 5) is 33.7. The van der Waals surface area contributed by atoms with E-state index in [1.807, 2.05) is 36.4 Å². The predicted octanol–water partition coefficient (Wildman–Crippen LogP) is 1.76. The van der Waals surface area contributed by atoms with Crippen molar-refractivity contribution in [2.75, 3.05) is 20.9 Å². The van der Waals surface area contributed by atoms with Gasteiger partial charge in [-0.2, -0.15) is 0 Å². The average Bonchev–Trinajstić information content (AvgIpc) is 3.40. The summed E-state index contributed by atoms with van der Waals surface area (Å²) in [7, 11) is 3.37. The number of rotatable bonds is 2. The van der Waals surface area contributed by atoms with Crippen molar-refractivity contribution in [3.8, 4) is 11.5 Å². The van der Waals surface area contributed by atoms with E-state index < -0.39 is 18.2 Å². The van der Waals surface area contributed by atoms with Crippen LogP contribution in [0.25, 0.3) is 10.9 Å². The Labute approximate surface area is 178 Å². The molecule has 1 fully saturated rings. The SMILES string of the molecule is CNC1C(=O)N2[C@H](c3ccc4c(c3)OCO4)c3[nH]c4ccccc4c3C[C@@H]2C(=O)N1C. The average molecular weight is 418 g/mol. The lowest BCUT2D eigenvalue weighted by molar-refractivity contribution is -0.164. The smallest absolute Gasteiger partial charge is 0.261 e. The molecule has 31 heavy (non-hydrogen) atoms. The number of carbonyl (C=O) groups excluding carboxylic acids is 2. The molecule has 0 saturated carbocycles. The molecule has 4 heterocycles. The Kier molecular flexibility index (Phi) is 3.82. The number of para-hydroxylation sites is 1. The van der Waals surface area contributed by atoms with Crippen LogP contribution in [-0.4, -0.2) is 59.7 Å². The highest BCUT2D eigenvalue weighted by atomic mass is 16.7. The number of hydrogen-bond donors (Lipinski definition) is 2. The van der Waals surface area contributed by atoms with Gasteiger partial charge >= 0.3 is 0 Å². The molecule has 0 spiro atoms. The Bertz CT molecular complexity index is 1240. The quantitative estimate of drug-likeness (QED) is 0.662. The number of H-pyrrole nitrogens is 1. The van der Waals surface area contributed by atoms with Crippen molar-refractivity contribution in [1.82, 2.24) is 20.1 Å². The predicted molar refractivity (Wildman–Crippen MR) is 113 cm³/mol. The van der Waals surface area contributed by atoms with Gasteiger partial charge in [-0.1, -0.05) is 24.3 Å². The Morgan fingerprint density at radius 2 is 1.87 bits per heavy atom. The number of amides is 2. The monoisotopic (exact) mass is 418 g/mol. The second-order valence-corrected chi connectivity index (χ2v) is 8.18. The number of carbonyl (C=O) groups is 2. The first-order chi connectivity index (χ1) is 15.1. The molecule has 6 rings (SSSR count). The second-order valence-electron chi connectivity index (χ2n) is 8.18. The van der Waals surface area contributed by atoms with Gasteiger partial charge in [0.05, 0.1) is 6.04 Å². The lowest BCUT2D eigenvalue weighted by Gasteiger charge is -2.49. The van der Waals surface area contributed by atoms with Crippen LogP contribution in [0.5, 0.6) is 11.5 Å². The van der Waals surface area contributed by atoms with Crippen molar-refractivity contribution in [1.29, 1.82) is 0 Å². The Hall–Kier alpha value is -3.52. The number of nitrogens with one attached hydrogen (secondary N) is 2. The van der Waals surface area contributed by atoms with Gasteiger partial charge in [0.25, 0.3) is 5.91 Å². The van der Waals surface area contributed by atoms with Gasteiger partial charge in [-0.15, -0.1) is 0 Å². The number of nitrogens with zero attached hydrogens (tertiary/aromatic N) is 2. The number of benzene rings is 2. The van der Waals surface area contributed by atoms with E-state index in [9.17, 15) is 9.59 Å². The number of likely N-dealkylation sites (N-methyl/N-ethyl adjacent to an activating group) is 2. The number of piperazine rings is 1. The number of hydrogen-bond acceptors (Lipinski definition) is 5. The van der Waals surface area contributed by atoms with Gasteiger partial charge in [-0.05, 0) is 36.4 Å². The van der Waals surface area contributed by atoms with Gasteiger partial charge in [0.2, 0.25) is 12.7 Å². The highest BCUT2D eigenvalue weighted by Gasteiger charge is 2.51. The van der Waals surface area contributed by atoms with E-state index in [4.69, 9.17) is 9.47 Å². The molecule has 0 radical (unpaired) electrons. The maximum atomic E-state index is 13.6. The lowest BCUT2D eigenvalue weighted by Crippen LogP contribution is -2.69. The fraction of sp³-hybridized carbons (Fsp3) is 0.304. The first-order valence-electron chi connectivity index (χ1n) is 10.3. The molecule has 2 aromatic carbocycles. The van der Waals surface area contributed by atoms with E-state index in [0.717, 1.165) is 27.7 Å². The van der Waals surface area contributed by atoms with Gasteiger partial charge < -0.3 is 24.3 Å². The summed E-state index contributed by atoms with van der Waals surface area (Å²) < 4.78 is 11.1. The molecule has 3 atom stereocenters. The summed E-state index contributed by atoms with van der Waals surface area (Å²) in [6, 6.07) is 12.8. The normalized spacial score (nSPS) is 24.5. The Morgan fingerprint density at radius 1 is 1.06 bits per heavy atom. The van der Waals surface area contributed by atoms with E-state index in [1.54, 1.807) is 19.0 Å². The molecular weight excluding hydrogens is 396 g/mol. The van der Waals surface area contributed by atoms with Crippen LogP contribution in [0.1, 0.15) is 22.9 Å². The zero-order chi connectivity index (χ0) is 21.3. The molecule has 8 heteroatoms. The third-order valence-electron chi connectivity index (χ3n) is 6.63. The van der Waals surface area contributed by atoms with Crippen LogP contribution in [0, 0.1) is 0 Å². The fourth-order valence-electron chi connectivity index (χ4n) is 5.17. The standard InChI is InChI=1S/C23H22N4O4/c1-24-21-23(29)27-16(22(28)26(21)2)10-14-13-5-3-4-6-15(13)25-19(14)20(27)12-7-8-17-18(9-12)31-11-30-17/h3-9,16,20-21,24-25H,10-11H2,1-2H3/t16-,20-,21?/m1/s1. The molecule has 158 valence electrons. The zero-order valence-corrected chi connectivity index (χ0v) is 17.2. The highest BCUT2D eigenvalue weighted by Crippen LogP contribution is 2.45. The van der Waals surface area contributed by atoms with Crippen molar-refractivity contribution in [3.63, 3.8) is 0 Å². The van der Waals surface area contributed by atoms with Crippen LogP contribution in [0.4, 0.5) is 0 Å². The van der Waals surface area contributed by atoms with Crippen LogP contribution >= 0.6 is 0 Å². The molecule has 3 aliphatic rings. The van der Waals surface area contributed by atoms with Crippen molar-refractivity contribution in [3.05, 3.63) is 59.3 Å². The van der Waals surface area contributed by atoms with E-state index >= 15 is 0 Å². The Morgan fingerprint density at radius 3 is 2.71 bits per heavy atom. The minimum atomic E-state index is -0.703. The molecule has 1 unspecified atom stereocenters. The van der Waals surface area contributed by atoms with Gasteiger partial charge in [0.1, 0.15) is 6.04 Å². The fourth-order valence-corrected chi connectivity index (χ4v) is 5.17. The van der Waals surface area contributed by atoms with E-state index in [1.165, 1.54) is 4.90 Å². The molecule has 2 N–H and O–H groups in total. The number of ether oxygens (including phenoxy) is 2. The number of aromatic amines is 1. The van der Waals surface area contributed by atoms with Gasteiger partial charge in [0.15, 0.2) is 17.7 Å². The molecule has 3 aliphatic heterocycles. The minimum Gasteiger partial charge on any atom is -0.454 e. The Balaban J connectivity index is 1.59. The van der Waals surface area contributed by atoms with Crippen molar-refractivity contribution < 1.29 is 19.1 Å². The summed E-state index contributed by atoms with van der Waals surface area (Å²) in [5.41, 5.74) is 3.90. The maximum Gasteiger partial charge on any atom is 0.261 e. The number of aromatic nitrogens is 1. The first kappa shape index (κ1) is 18.3.